The molecule has 0 saturated heterocycles. The number of para-hydroxylation sites is 1. The topological polar surface area (TPSA) is 34.0 Å². The Balaban J connectivity index is 2.22. The molecule has 3 aromatic rings. The highest BCUT2D eigenvalue weighted by atomic mass is 35.5. The number of aryl methyl sites for hydroxylation is 1. The predicted molar refractivity (Wildman–Crippen MR) is 88.0 cm³/mol. The highest BCUT2D eigenvalue weighted by Crippen LogP contribution is 2.25. The molecular formula is C16H19ClN4. The van der Waals surface area contributed by atoms with Crippen LogP contribution >= 0.6 is 11.6 Å². The third-order valence-corrected chi connectivity index (χ3v) is 3.84. The predicted octanol–water partition coefficient (Wildman–Crippen LogP) is 2.93. The summed E-state index contributed by atoms with van der Waals surface area (Å²) in [6.45, 7) is 1.88. The Morgan fingerprint density at radius 1 is 1.19 bits per heavy atom. The maximum absolute atomic E-state index is 5.94. The van der Waals surface area contributed by atoms with Gasteiger partial charge in [-0.15, -0.1) is 11.6 Å². The summed E-state index contributed by atoms with van der Waals surface area (Å²) in [4.78, 5) is 11.4. The summed E-state index contributed by atoms with van der Waals surface area (Å²) in [5, 5.41) is 1.15. The highest BCUT2D eigenvalue weighted by molar-refractivity contribution is 6.18. The first-order chi connectivity index (χ1) is 10.2. The summed E-state index contributed by atoms with van der Waals surface area (Å²) < 4.78 is 2.29. The molecule has 0 fully saturated rings. The fraction of sp³-hybridized carbons (Fsp3) is 0.375. The molecule has 0 spiro atoms. The number of nitrogens with zero attached hydrogens (tertiary/aromatic N) is 4. The van der Waals surface area contributed by atoms with Gasteiger partial charge in [0.25, 0.3) is 0 Å². The van der Waals surface area contributed by atoms with E-state index in [0.29, 0.717) is 5.88 Å². The minimum absolute atomic E-state index is 0.580. The number of aromatic nitrogens is 3. The molecule has 2 aromatic heterocycles. The minimum Gasteiger partial charge on any atom is -0.326 e. The van der Waals surface area contributed by atoms with Crippen LogP contribution in [0.15, 0.2) is 30.5 Å². The minimum atomic E-state index is 0.580. The second-order valence-electron chi connectivity index (χ2n) is 5.43. The molecule has 110 valence electrons. The van der Waals surface area contributed by atoms with E-state index in [1.807, 2.05) is 24.4 Å². The molecule has 0 aliphatic carbocycles. The van der Waals surface area contributed by atoms with Crippen molar-refractivity contribution in [1.29, 1.82) is 0 Å². The van der Waals surface area contributed by atoms with Crippen molar-refractivity contribution in [2.75, 3.05) is 26.5 Å². The zero-order valence-corrected chi connectivity index (χ0v) is 13.1. The van der Waals surface area contributed by atoms with Gasteiger partial charge in [0.15, 0.2) is 0 Å². The lowest BCUT2D eigenvalue weighted by molar-refractivity contribution is 0.384. The molecule has 0 bridgehead atoms. The molecule has 4 nitrogen and oxygen atoms in total. The largest absolute Gasteiger partial charge is 0.326 e. The summed E-state index contributed by atoms with van der Waals surface area (Å²) in [6, 6.07) is 8.22. The fourth-order valence-corrected chi connectivity index (χ4v) is 2.80. The van der Waals surface area contributed by atoms with Crippen molar-refractivity contribution in [1.82, 2.24) is 19.4 Å². The molecule has 0 amide bonds. The normalized spacial score (nSPS) is 11.8. The van der Waals surface area contributed by atoms with Crippen LogP contribution in [0, 0.1) is 0 Å². The van der Waals surface area contributed by atoms with Crippen molar-refractivity contribution in [3.05, 3.63) is 36.3 Å². The van der Waals surface area contributed by atoms with E-state index < -0.39 is 0 Å². The van der Waals surface area contributed by atoms with Gasteiger partial charge >= 0.3 is 0 Å². The van der Waals surface area contributed by atoms with Crippen LogP contribution in [0.3, 0.4) is 0 Å². The van der Waals surface area contributed by atoms with Crippen molar-refractivity contribution in [3.8, 4) is 0 Å². The molecule has 5 heteroatoms. The molecule has 21 heavy (non-hydrogen) atoms. The molecule has 0 saturated carbocycles. The van der Waals surface area contributed by atoms with E-state index in [1.165, 1.54) is 5.52 Å². The Morgan fingerprint density at radius 3 is 2.76 bits per heavy atom. The average Bonchev–Trinajstić information content (AvgIpc) is 2.83. The Bertz CT molecular complexity index is 763. The van der Waals surface area contributed by atoms with E-state index in [2.05, 4.69) is 34.6 Å². The van der Waals surface area contributed by atoms with Crippen molar-refractivity contribution < 1.29 is 0 Å². The number of imidazole rings is 1. The van der Waals surface area contributed by atoms with Crippen LogP contribution in [-0.2, 0) is 13.0 Å². The lowest BCUT2D eigenvalue weighted by Gasteiger charge is -2.13. The number of fused-ring (bicyclic) bond motifs is 3. The van der Waals surface area contributed by atoms with Gasteiger partial charge in [-0.05, 0) is 20.2 Å². The van der Waals surface area contributed by atoms with E-state index in [1.54, 1.807) is 0 Å². The lowest BCUT2D eigenvalue weighted by Crippen LogP contribution is -2.19. The molecule has 0 aliphatic heterocycles. The second-order valence-corrected chi connectivity index (χ2v) is 5.81. The second kappa shape index (κ2) is 6.00. The van der Waals surface area contributed by atoms with Crippen LogP contribution in [0.4, 0.5) is 0 Å². The van der Waals surface area contributed by atoms with Gasteiger partial charge in [-0.2, -0.15) is 0 Å². The number of halogens is 1. The Labute approximate surface area is 129 Å². The number of pyridine rings is 1. The van der Waals surface area contributed by atoms with Gasteiger partial charge in [-0.3, -0.25) is 4.98 Å². The molecular weight excluding hydrogens is 284 g/mol. The van der Waals surface area contributed by atoms with Gasteiger partial charge in [-0.1, -0.05) is 18.2 Å². The van der Waals surface area contributed by atoms with Crippen molar-refractivity contribution >= 4 is 33.5 Å². The number of likely N-dealkylation sites (N-methyl/N-ethyl adjacent to an activating group) is 1. The maximum Gasteiger partial charge on any atom is 0.111 e. The monoisotopic (exact) mass is 302 g/mol. The van der Waals surface area contributed by atoms with Crippen molar-refractivity contribution in [2.45, 2.75) is 13.0 Å². The van der Waals surface area contributed by atoms with E-state index in [0.717, 1.165) is 41.8 Å². The smallest absolute Gasteiger partial charge is 0.111 e. The van der Waals surface area contributed by atoms with Gasteiger partial charge in [0, 0.05) is 30.8 Å². The average molecular weight is 303 g/mol. The van der Waals surface area contributed by atoms with E-state index in [9.17, 15) is 0 Å². The van der Waals surface area contributed by atoms with Crippen LogP contribution < -0.4 is 0 Å². The van der Waals surface area contributed by atoms with Crippen LogP contribution in [0.2, 0.25) is 0 Å². The molecule has 0 aliphatic rings. The van der Waals surface area contributed by atoms with E-state index in [4.69, 9.17) is 16.6 Å². The molecule has 0 unspecified atom stereocenters. The number of alkyl halides is 1. The first-order valence-corrected chi connectivity index (χ1v) is 7.67. The summed E-state index contributed by atoms with van der Waals surface area (Å²) in [5.41, 5.74) is 3.13. The summed E-state index contributed by atoms with van der Waals surface area (Å²) >= 11 is 5.94. The van der Waals surface area contributed by atoms with Gasteiger partial charge < -0.3 is 9.47 Å². The van der Waals surface area contributed by atoms with Crippen molar-refractivity contribution in [3.63, 3.8) is 0 Å². The Hall–Kier alpha value is -1.65. The fourth-order valence-electron chi connectivity index (χ4n) is 2.63. The lowest BCUT2D eigenvalue weighted by atomic mass is 10.2. The molecule has 2 heterocycles. The van der Waals surface area contributed by atoms with Crippen LogP contribution in [0.25, 0.3) is 21.9 Å². The molecule has 0 radical (unpaired) electrons. The maximum atomic E-state index is 5.94. The first-order valence-electron chi connectivity index (χ1n) is 7.14. The van der Waals surface area contributed by atoms with E-state index in [-0.39, 0.29) is 0 Å². The SMILES string of the molecule is CN(C)CCn1c(CCCl)nc2cnc3ccccc3c21. The zero-order valence-electron chi connectivity index (χ0n) is 12.4. The third-order valence-electron chi connectivity index (χ3n) is 3.65. The molecule has 0 atom stereocenters. The number of hydrogen-bond acceptors (Lipinski definition) is 3. The summed E-state index contributed by atoms with van der Waals surface area (Å²) in [6.07, 6.45) is 2.64. The molecule has 1 aromatic carbocycles. The third kappa shape index (κ3) is 2.74. The Kier molecular flexibility index (Phi) is 4.08. The van der Waals surface area contributed by atoms with Crippen molar-refractivity contribution in [2.24, 2.45) is 0 Å². The Morgan fingerprint density at radius 2 is 2.00 bits per heavy atom. The standard InChI is InChI=1S/C16H19ClN4/c1-20(2)9-10-21-15(7-8-17)19-14-11-18-13-6-4-3-5-12(13)16(14)21/h3-6,11H,7-10H2,1-2H3. The van der Waals surface area contributed by atoms with Crippen LogP contribution in [-0.4, -0.2) is 46.0 Å². The van der Waals surface area contributed by atoms with E-state index >= 15 is 0 Å². The highest BCUT2D eigenvalue weighted by Gasteiger charge is 2.13. The molecule has 3 rings (SSSR count). The van der Waals surface area contributed by atoms with Gasteiger partial charge in [0.05, 0.1) is 17.2 Å². The number of rotatable bonds is 5. The molecule has 0 N–H and O–H groups in total. The number of hydrogen-bond donors (Lipinski definition) is 0. The number of benzene rings is 1. The zero-order chi connectivity index (χ0) is 14.8. The van der Waals surface area contributed by atoms with Gasteiger partial charge in [-0.25, -0.2) is 4.98 Å². The quantitative estimate of drug-likeness (QED) is 0.680. The summed E-state index contributed by atoms with van der Waals surface area (Å²) in [5.74, 6) is 1.62. The van der Waals surface area contributed by atoms with Crippen LogP contribution in [0.5, 0.6) is 0 Å². The van der Waals surface area contributed by atoms with Crippen LogP contribution in [0.1, 0.15) is 5.82 Å². The summed E-state index contributed by atoms with van der Waals surface area (Å²) in [7, 11) is 4.17. The van der Waals surface area contributed by atoms with Gasteiger partial charge in [0.2, 0.25) is 0 Å². The first kappa shape index (κ1) is 14.3. The van der Waals surface area contributed by atoms with Gasteiger partial charge in [0.1, 0.15) is 11.3 Å².